The van der Waals surface area contributed by atoms with E-state index in [1.54, 1.807) is 0 Å². The lowest BCUT2D eigenvalue weighted by atomic mass is 9.69. The van der Waals surface area contributed by atoms with E-state index in [9.17, 15) is 24.0 Å². The Morgan fingerprint density at radius 2 is 1.35 bits per heavy atom. The van der Waals surface area contributed by atoms with Crippen LogP contribution in [-0.2, 0) is 33.6 Å². The van der Waals surface area contributed by atoms with Crippen molar-refractivity contribution in [3.05, 3.63) is 0 Å². The first-order valence-electron chi connectivity index (χ1n) is 7.50. The molecule has 9 heteroatoms. The van der Waals surface area contributed by atoms with Gasteiger partial charge in [0.15, 0.2) is 0 Å². The number of amides is 4. The predicted octanol–water partition coefficient (Wildman–Crippen LogP) is -0.156. The van der Waals surface area contributed by atoms with Crippen LogP contribution in [0, 0.1) is 5.41 Å². The van der Waals surface area contributed by atoms with E-state index in [0.29, 0.717) is 23.0 Å². The van der Waals surface area contributed by atoms with Gasteiger partial charge in [-0.05, 0) is 12.8 Å². The van der Waals surface area contributed by atoms with Crippen molar-refractivity contribution in [2.75, 3.05) is 6.61 Å². The lowest BCUT2D eigenvalue weighted by molar-refractivity contribution is -0.224. The summed E-state index contributed by atoms with van der Waals surface area (Å²) in [5.41, 5.74) is -1.04. The summed E-state index contributed by atoms with van der Waals surface area (Å²) in [4.78, 5) is 68.5. The highest BCUT2D eigenvalue weighted by atomic mass is 16.7. The second-order valence-electron chi connectivity index (χ2n) is 5.95. The fourth-order valence-corrected chi connectivity index (χ4v) is 2.74. The number of hydrogen-bond donors (Lipinski definition) is 0. The summed E-state index contributed by atoms with van der Waals surface area (Å²) in [6.07, 6.45) is 1.86. The fourth-order valence-electron chi connectivity index (χ4n) is 2.74. The van der Waals surface area contributed by atoms with E-state index in [-0.39, 0.29) is 32.3 Å². The number of hydrogen-bond acceptors (Lipinski definition) is 7. The van der Waals surface area contributed by atoms with Crippen molar-refractivity contribution < 1.29 is 33.6 Å². The van der Waals surface area contributed by atoms with Crippen LogP contribution in [0.1, 0.15) is 44.9 Å². The maximum absolute atomic E-state index is 12.3. The molecule has 1 aliphatic carbocycles. The number of carbonyl (C=O) groups excluding carboxylic acids is 5. The predicted molar refractivity (Wildman–Crippen MR) is 70.5 cm³/mol. The van der Waals surface area contributed by atoms with E-state index < -0.39 is 35.0 Å². The Bertz CT molecular complexity index is 564. The summed E-state index contributed by atoms with van der Waals surface area (Å²) in [6.45, 7) is -0.195. The van der Waals surface area contributed by atoms with Crippen molar-refractivity contribution in [3.63, 3.8) is 0 Å². The Morgan fingerprint density at radius 3 is 1.78 bits per heavy atom. The molecule has 124 valence electrons. The molecule has 0 spiro atoms. The standard InChI is InChI=1S/C14H16N2O7/c17-9-2-3-10(18)15(9)22-8-14(6-1-7-14)13(21)23-16-11(19)4-5-12(16)20/h1-8H2. The third kappa shape index (κ3) is 2.72. The van der Waals surface area contributed by atoms with Gasteiger partial charge >= 0.3 is 5.97 Å². The number of nitrogens with zero attached hydrogens (tertiary/aromatic N) is 2. The molecule has 0 aromatic rings. The van der Waals surface area contributed by atoms with E-state index in [1.807, 2.05) is 0 Å². The third-order valence-electron chi connectivity index (χ3n) is 4.40. The molecular formula is C14H16N2O7. The number of hydroxylamine groups is 4. The molecule has 2 heterocycles. The lowest BCUT2D eigenvalue weighted by Gasteiger charge is -2.39. The molecule has 0 aromatic carbocycles. The van der Waals surface area contributed by atoms with Crippen LogP contribution < -0.4 is 0 Å². The topological polar surface area (TPSA) is 110 Å². The van der Waals surface area contributed by atoms with Crippen molar-refractivity contribution in [1.29, 1.82) is 0 Å². The molecule has 0 unspecified atom stereocenters. The molecule has 23 heavy (non-hydrogen) atoms. The second-order valence-corrected chi connectivity index (χ2v) is 5.95. The van der Waals surface area contributed by atoms with Gasteiger partial charge in [-0.1, -0.05) is 6.42 Å². The molecule has 9 nitrogen and oxygen atoms in total. The Kier molecular flexibility index (Phi) is 3.88. The van der Waals surface area contributed by atoms with Crippen LogP contribution in [0.3, 0.4) is 0 Å². The Hall–Kier alpha value is -2.29. The minimum Gasteiger partial charge on any atom is -0.330 e. The van der Waals surface area contributed by atoms with E-state index in [1.165, 1.54) is 0 Å². The van der Waals surface area contributed by atoms with E-state index >= 15 is 0 Å². The average molecular weight is 324 g/mol. The molecule has 4 amide bonds. The first-order valence-corrected chi connectivity index (χ1v) is 7.50. The molecule has 2 saturated heterocycles. The van der Waals surface area contributed by atoms with Crippen LogP contribution in [0.5, 0.6) is 0 Å². The van der Waals surface area contributed by atoms with Crippen LogP contribution in [-0.4, -0.2) is 46.3 Å². The number of rotatable bonds is 5. The summed E-state index contributed by atoms with van der Waals surface area (Å²) in [7, 11) is 0. The van der Waals surface area contributed by atoms with Gasteiger partial charge in [-0.2, -0.15) is 5.06 Å². The Balaban J connectivity index is 1.62. The summed E-state index contributed by atoms with van der Waals surface area (Å²) in [5.74, 6) is -2.73. The van der Waals surface area contributed by atoms with Crippen molar-refractivity contribution in [3.8, 4) is 0 Å². The molecule has 3 fully saturated rings. The zero-order valence-corrected chi connectivity index (χ0v) is 12.4. The minimum absolute atomic E-state index is 0.0202. The van der Waals surface area contributed by atoms with Gasteiger partial charge in [0.1, 0.15) is 0 Å². The van der Waals surface area contributed by atoms with Gasteiger partial charge in [0.05, 0.1) is 12.0 Å². The monoisotopic (exact) mass is 324 g/mol. The molecule has 0 aromatic heterocycles. The van der Waals surface area contributed by atoms with Crippen LogP contribution in [0.15, 0.2) is 0 Å². The maximum Gasteiger partial charge on any atom is 0.341 e. The average Bonchev–Trinajstić information content (AvgIpc) is 2.95. The lowest BCUT2D eigenvalue weighted by Crippen LogP contribution is -2.48. The van der Waals surface area contributed by atoms with Crippen molar-refractivity contribution >= 4 is 29.6 Å². The first-order chi connectivity index (χ1) is 10.9. The van der Waals surface area contributed by atoms with Crippen LogP contribution >= 0.6 is 0 Å². The van der Waals surface area contributed by atoms with Gasteiger partial charge in [0, 0.05) is 25.7 Å². The summed E-state index contributed by atoms with van der Waals surface area (Å²) in [5, 5.41) is 1.17. The quantitative estimate of drug-likeness (QED) is 0.646. The minimum atomic E-state index is -1.04. The normalized spacial score (nSPS) is 23.5. The zero-order valence-electron chi connectivity index (χ0n) is 12.4. The SMILES string of the molecule is O=C1CCC(=O)N1OCC1(C(=O)ON2C(=O)CCC2=O)CCC1. The van der Waals surface area contributed by atoms with Gasteiger partial charge in [0.25, 0.3) is 23.6 Å². The molecular weight excluding hydrogens is 308 g/mol. The molecule has 0 atom stereocenters. The Morgan fingerprint density at radius 1 is 0.870 bits per heavy atom. The highest BCUT2D eigenvalue weighted by molar-refractivity contribution is 6.02. The molecule has 0 bridgehead atoms. The molecule has 0 radical (unpaired) electrons. The summed E-state index contributed by atoms with van der Waals surface area (Å²) >= 11 is 0. The van der Waals surface area contributed by atoms with Crippen molar-refractivity contribution in [2.45, 2.75) is 44.9 Å². The molecule has 3 rings (SSSR count). The smallest absolute Gasteiger partial charge is 0.330 e. The summed E-state index contributed by atoms with van der Waals surface area (Å²) < 4.78 is 0. The number of carbonyl (C=O) groups is 5. The molecule has 1 saturated carbocycles. The van der Waals surface area contributed by atoms with Gasteiger partial charge < -0.3 is 4.84 Å². The van der Waals surface area contributed by atoms with Crippen LogP contribution in [0.4, 0.5) is 0 Å². The van der Waals surface area contributed by atoms with Crippen molar-refractivity contribution in [2.24, 2.45) is 5.41 Å². The van der Waals surface area contributed by atoms with Crippen LogP contribution in [0.2, 0.25) is 0 Å². The molecule has 2 aliphatic heterocycles. The zero-order chi connectivity index (χ0) is 16.6. The first kappa shape index (κ1) is 15.6. The largest absolute Gasteiger partial charge is 0.341 e. The molecule has 3 aliphatic rings. The van der Waals surface area contributed by atoms with E-state index in [2.05, 4.69) is 0 Å². The fraction of sp³-hybridized carbons (Fsp3) is 0.643. The van der Waals surface area contributed by atoms with Gasteiger partial charge in [0.2, 0.25) is 0 Å². The summed E-state index contributed by atoms with van der Waals surface area (Å²) in [6, 6.07) is 0. The van der Waals surface area contributed by atoms with Gasteiger partial charge in [-0.25, -0.2) is 4.79 Å². The van der Waals surface area contributed by atoms with Gasteiger partial charge in [-0.15, -0.1) is 5.06 Å². The van der Waals surface area contributed by atoms with Gasteiger partial charge in [-0.3, -0.25) is 24.0 Å². The third-order valence-corrected chi connectivity index (χ3v) is 4.40. The van der Waals surface area contributed by atoms with Crippen molar-refractivity contribution in [1.82, 2.24) is 10.1 Å². The van der Waals surface area contributed by atoms with E-state index in [0.717, 1.165) is 6.42 Å². The maximum atomic E-state index is 12.3. The number of imide groups is 2. The van der Waals surface area contributed by atoms with E-state index in [4.69, 9.17) is 9.68 Å². The second kappa shape index (κ2) is 5.73. The molecule has 0 N–H and O–H groups in total. The Labute approximate surface area is 131 Å². The van der Waals surface area contributed by atoms with Crippen LogP contribution in [0.25, 0.3) is 0 Å². The highest BCUT2D eigenvalue weighted by Gasteiger charge is 2.50. The highest BCUT2D eigenvalue weighted by Crippen LogP contribution is 2.43.